The van der Waals surface area contributed by atoms with Gasteiger partial charge in [0.1, 0.15) is 10.7 Å². The maximum atomic E-state index is 12.5. The third-order valence-electron chi connectivity index (χ3n) is 3.48. The van der Waals surface area contributed by atoms with Gasteiger partial charge < -0.3 is 4.98 Å². The molecule has 22 heavy (non-hydrogen) atoms. The molecule has 114 valence electrons. The predicted octanol–water partition coefficient (Wildman–Crippen LogP) is 5.22. The average molecular weight is 353 g/mol. The topological polar surface area (TPSA) is 45.8 Å². The van der Waals surface area contributed by atoms with Crippen molar-refractivity contribution in [3.05, 3.63) is 49.3 Å². The maximum Gasteiger partial charge on any atom is 0.260 e. The van der Waals surface area contributed by atoms with Crippen LogP contribution in [0.2, 0.25) is 10.0 Å². The van der Waals surface area contributed by atoms with Crippen LogP contribution in [-0.4, -0.2) is 9.97 Å². The van der Waals surface area contributed by atoms with Crippen LogP contribution in [0.1, 0.15) is 24.0 Å². The van der Waals surface area contributed by atoms with Gasteiger partial charge in [0.15, 0.2) is 0 Å². The Labute approximate surface area is 141 Å². The Kier molecular flexibility index (Phi) is 4.26. The van der Waals surface area contributed by atoms with Gasteiger partial charge in [-0.15, -0.1) is 11.3 Å². The lowest BCUT2D eigenvalue weighted by atomic mass is 10.0. The van der Waals surface area contributed by atoms with Crippen molar-refractivity contribution in [3.8, 4) is 11.1 Å². The second kappa shape index (κ2) is 6.03. The summed E-state index contributed by atoms with van der Waals surface area (Å²) in [6.07, 6.45) is 1.71. The standard InChI is InChI=1S/C16H14Cl2N2OS/c1-3-4-12-19-15(21)14-13(8(2)22-16(14)20-12)9-5-6-10(17)11(18)7-9/h5-7H,3-4H2,1-2H3,(H,19,20,21). The van der Waals surface area contributed by atoms with Crippen molar-refractivity contribution in [3.63, 3.8) is 0 Å². The summed E-state index contributed by atoms with van der Waals surface area (Å²) in [6, 6.07) is 5.41. The van der Waals surface area contributed by atoms with E-state index in [1.165, 1.54) is 11.3 Å². The Hall–Kier alpha value is -1.36. The number of benzene rings is 1. The minimum absolute atomic E-state index is 0.0983. The van der Waals surface area contributed by atoms with E-state index in [-0.39, 0.29) is 5.56 Å². The molecule has 3 nitrogen and oxygen atoms in total. The summed E-state index contributed by atoms with van der Waals surface area (Å²) in [5, 5.41) is 1.60. The van der Waals surface area contributed by atoms with E-state index in [1.54, 1.807) is 12.1 Å². The minimum Gasteiger partial charge on any atom is -0.310 e. The summed E-state index contributed by atoms with van der Waals surface area (Å²) >= 11 is 13.6. The highest BCUT2D eigenvalue weighted by molar-refractivity contribution is 7.19. The van der Waals surface area contributed by atoms with Crippen molar-refractivity contribution in [2.45, 2.75) is 26.7 Å². The number of fused-ring (bicyclic) bond motifs is 1. The van der Waals surface area contributed by atoms with E-state index in [0.717, 1.165) is 39.5 Å². The van der Waals surface area contributed by atoms with Crippen molar-refractivity contribution < 1.29 is 0 Å². The van der Waals surface area contributed by atoms with Crippen molar-refractivity contribution in [1.82, 2.24) is 9.97 Å². The zero-order chi connectivity index (χ0) is 15.9. The van der Waals surface area contributed by atoms with Crippen LogP contribution in [0.25, 0.3) is 21.3 Å². The van der Waals surface area contributed by atoms with Crippen LogP contribution in [0.5, 0.6) is 0 Å². The molecule has 0 atom stereocenters. The zero-order valence-corrected chi connectivity index (χ0v) is 14.5. The fraction of sp³-hybridized carbons (Fsp3) is 0.250. The first kappa shape index (κ1) is 15.5. The van der Waals surface area contributed by atoms with E-state index in [1.807, 2.05) is 13.0 Å². The molecular weight excluding hydrogens is 339 g/mol. The molecule has 6 heteroatoms. The van der Waals surface area contributed by atoms with Gasteiger partial charge in [0, 0.05) is 16.9 Å². The molecule has 2 aromatic heterocycles. The van der Waals surface area contributed by atoms with Gasteiger partial charge in [-0.2, -0.15) is 0 Å². The highest BCUT2D eigenvalue weighted by Crippen LogP contribution is 2.37. The summed E-state index contributed by atoms with van der Waals surface area (Å²) in [4.78, 5) is 21.8. The van der Waals surface area contributed by atoms with Gasteiger partial charge >= 0.3 is 0 Å². The number of hydrogen-bond acceptors (Lipinski definition) is 3. The summed E-state index contributed by atoms with van der Waals surface area (Å²) in [6.45, 7) is 4.05. The predicted molar refractivity (Wildman–Crippen MR) is 94.4 cm³/mol. The quantitative estimate of drug-likeness (QED) is 0.702. The number of nitrogens with zero attached hydrogens (tertiary/aromatic N) is 1. The molecule has 0 radical (unpaired) electrons. The Morgan fingerprint density at radius 3 is 2.73 bits per heavy atom. The number of thiophene rings is 1. The molecule has 0 aliphatic carbocycles. The number of aromatic amines is 1. The van der Waals surface area contributed by atoms with Crippen LogP contribution in [0, 0.1) is 6.92 Å². The SMILES string of the molecule is CCCc1nc2sc(C)c(-c3ccc(Cl)c(Cl)c3)c2c(=O)[nH]1. The van der Waals surface area contributed by atoms with Crippen molar-refractivity contribution in [1.29, 1.82) is 0 Å². The van der Waals surface area contributed by atoms with Crippen LogP contribution in [0.3, 0.4) is 0 Å². The Morgan fingerprint density at radius 1 is 1.27 bits per heavy atom. The van der Waals surface area contributed by atoms with Gasteiger partial charge in [0.05, 0.1) is 15.4 Å². The van der Waals surface area contributed by atoms with Crippen LogP contribution < -0.4 is 5.56 Å². The highest BCUT2D eigenvalue weighted by atomic mass is 35.5. The molecule has 0 aliphatic heterocycles. The fourth-order valence-electron chi connectivity index (χ4n) is 2.52. The second-order valence-corrected chi connectivity index (χ2v) is 7.12. The van der Waals surface area contributed by atoms with Crippen LogP contribution in [-0.2, 0) is 6.42 Å². The Balaban J connectivity index is 2.28. The van der Waals surface area contributed by atoms with Crippen LogP contribution >= 0.6 is 34.5 Å². The van der Waals surface area contributed by atoms with Gasteiger partial charge in [0.2, 0.25) is 0 Å². The van der Waals surface area contributed by atoms with Gasteiger partial charge in [-0.3, -0.25) is 4.79 Å². The normalized spacial score (nSPS) is 11.3. The van der Waals surface area contributed by atoms with Crippen molar-refractivity contribution >= 4 is 44.8 Å². The number of aromatic nitrogens is 2. The van der Waals surface area contributed by atoms with E-state index in [9.17, 15) is 4.79 Å². The average Bonchev–Trinajstić information content (AvgIpc) is 2.79. The lowest BCUT2D eigenvalue weighted by molar-refractivity contribution is 0.838. The maximum absolute atomic E-state index is 12.5. The monoisotopic (exact) mass is 352 g/mol. The number of hydrogen-bond donors (Lipinski definition) is 1. The number of rotatable bonds is 3. The smallest absolute Gasteiger partial charge is 0.260 e. The van der Waals surface area contributed by atoms with Crippen molar-refractivity contribution in [2.75, 3.05) is 0 Å². The lowest BCUT2D eigenvalue weighted by Gasteiger charge is -2.04. The van der Waals surface area contributed by atoms with Gasteiger partial charge in [-0.1, -0.05) is 36.2 Å². The molecule has 0 unspecified atom stereocenters. The largest absolute Gasteiger partial charge is 0.310 e. The van der Waals surface area contributed by atoms with Crippen LogP contribution in [0.4, 0.5) is 0 Å². The zero-order valence-electron chi connectivity index (χ0n) is 12.2. The molecule has 1 aromatic carbocycles. The molecule has 0 amide bonds. The fourth-order valence-corrected chi connectivity index (χ4v) is 3.88. The molecule has 0 fully saturated rings. The second-order valence-electron chi connectivity index (χ2n) is 5.10. The number of halogens is 2. The molecule has 3 aromatic rings. The Bertz CT molecular complexity index is 914. The molecule has 3 rings (SSSR count). The molecular formula is C16H14Cl2N2OS. The highest BCUT2D eigenvalue weighted by Gasteiger charge is 2.17. The number of aryl methyl sites for hydroxylation is 2. The number of H-pyrrole nitrogens is 1. The van der Waals surface area contributed by atoms with Gasteiger partial charge in [0.25, 0.3) is 5.56 Å². The Morgan fingerprint density at radius 2 is 2.05 bits per heavy atom. The van der Waals surface area contributed by atoms with Crippen molar-refractivity contribution in [2.24, 2.45) is 0 Å². The summed E-state index contributed by atoms with van der Waals surface area (Å²) in [5.41, 5.74) is 1.67. The third kappa shape index (κ3) is 2.67. The molecule has 1 N–H and O–H groups in total. The first-order chi connectivity index (χ1) is 10.5. The van der Waals surface area contributed by atoms with E-state index in [2.05, 4.69) is 16.9 Å². The lowest BCUT2D eigenvalue weighted by Crippen LogP contribution is -2.11. The summed E-state index contributed by atoms with van der Waals surface area (Å²) in [7, 11) is 0. The first-order valence-electron chi connectivity index (χ1n) is 6.99. The molecule has 2 heterocycles. The van der Waals surface area contributed by atoms with E-state index >= 15 is 0 Å². The molecule has 0 spiro atoms. The summed E-state index contributed by atoms with van der Waals surface area (Å²) < 4.78 is 0. The molecule has 0 aliphatic rings. The minimum atomic E-state index is -0.0983. The van der Waals surface area contributed by atoms with Crippen LogP contribution in [0.15, 0.2) is 23.0 Å². The van der Waals surface area contributed by atoms with E-state index in [0.29, 0.717) is 15.4 Å². The van der Waals surface area contributed by atoms with E-state index in [4.69, 9.17) is 23.2 Å². The third-order valence-corrected chi connectivity index (χ3v) is 5.22. The molecule has 0 saturated heterocycles. The summed E-state index contributed by atoms with van der Waals surface area (Å²) in [5.74, 6) is 0.738. The van der Waals surface area contributed by atoms with E-state index < -0.39 is 0 Å². The first-order valence-corrected chi connectivity index (χ1v) is 8.56. The molecule has 0 saturated carbocycles. The van der Waals surface area contributed by atoms with Gasteiger partial charge in [-0.05, 0) is 31.0 Å². The van der Waals surface area contributed by atoms with Gasteiger partial charge in [-0.25, -0.2) is 4.98 Å². The molecule has 0 bridgehead atoms. The number of nitrogens with one attached hydrogen (secondary N) is 1.